The van der Waals surface area contributed by atoms with E-state index in [9.17, 15) is 0 Å². The summed E-state index contributed by atoms with van der Waals surface area (Å²) in [7, 11) is 1.85. The summed E-state index contributed by atoms with van der Waals surface area (Å²) in [6.45, 7) is 4.53. The molecule has 2 fully saturated rings. The van der Waals surface area contributed by atoms with Crippen LogP contribution in [0, 0.1) is 17.8 Å². The number of nitrogens with one attached hydrogen (secondary N) is 1. The van der Waals surface area contributed by atoms with Crippen LogP contribution in [-0.2, 0) is 4.74 Å². The average Bonchev–Trinajstić information content (AvgIpc) is 3.11. The molecule has 2 nitrogen and oxygen atoms in total. The van der Waals surface area contributed by atoms with Crippen LogP contribution in [0.5, 0.6) is 0 Å². The van der Waals surface area contributed by atoms with Crippen molar-refractivity contribution in [1.82, 2.24) is 5.32 Å². The number of hydrogen-bond donors (Lipinski definition) is 1. The van der Waals surface area contributed by atoms with Gasteiger partial charge >= 0.3 is 0 Å². The molecule has 0 bridgehead atoms. The lowest BCUT2D eigenvalue weighted by Crippen LogP contribution is -2.35. The van der Waals surface area contributed by atoms with Gasteiger partial charge in [-0.05, 0) is 50.0 Å². The molecule has 0 radical (unpaired) electrons. The average molecular weight is 225 g/mol. The van der Waals surface area contributed by atoms with Crippen LogP contribution in [0.1, 0.15) is 45.4 Å². The second-order valence-electron chi connectivity index (χ2n) is 5.75. The summed E-state index contributed by atoms with van der Waals surface area (Å²) in [5.74, 6) is 2.62. The quantitative estimate of drug-likeness (QED) is 0.750. The second kappa shape index (κ2) is 6.02. The first-order valence-corrected chi connectivity index (χ1v) is 7.05. The molecule has 2 rings (SSSR count). The van der Waals surface area contributed by atoms with Crippen LogP contribution in [0.25, 0.3) is 0 Å². The number of ether oxygens (including phenoxy) is 1. The molecule has 0 amide bonds. The maximum absolute atomic E-state index is 5.40. The van der Waals surface area contributed by atoms with Crippen LogP contribution in [-0.4, -0.2) is 26.3 Å². The molecule has 1 N–H and O–H groups in total. The minimum atomic E-state index is 0.801. The minimum Gasteiger partial charge on any atom is -0.384 e. The van der Waals surface area contributed by atoms with E-state index in [1.807, 2.05) is 7.11 Å². The van der Waals surface area contributed by atoms with Gasteiger partial charge in [0.1, 0.15) is 0 Å². The van der Waals surface area contributed by atoms with Gasteiger partial charge in [0.15, 0.2) is 0 Å². The molecule has 0 heterocycles. The zero-order chi connectivity index (χ0) is 11.4. The van der Waals surface area contributed by atoms with Crippen molar-refractivity contribution < 1.29 is 4.74 Å². The largest absolute Gasteiger partial charge is 0.384 e. The Balaban J connectivity index is 1.78. The lowest BCUT2D eigenvalue weighted by atomic mass is 9.73. The minimum absolute atomic E-state index is 0.801. The van der Waals surface area contributed by atoms with E-state index in [0.29, 0.717) is 0 Å². The Morgan fingerprint density at radius 1 is 1.12 bits per heavy atom. The normalized spacial score (nSPS) is 35.2. The molecule has 0 spiro atoms. The molecule has 0 saturated heterocycles. The summed E-state index contributed by atoms with van der Waals surface area (Å²) >= 11 is 0. The highest BCUT2D eigenvalue weighted by molar-refractivity contribution is 4.86. The molecule has 94 valence electrons. The SMILES string of the molecule is CCC1CCC(CNC2CC2)C(COC)C1. The van der Waals surface area contributed by atoms with Gasteiger partial charge in [-0.1, -0.05) is 19.8 Å². The first-order valence-electron chi connectivity index (χ1n) is 7.05. The highest BCUT2D eigenvalue weighted by Crippen LogP contribution is 2.35. The van der Waals surface area contributed by atoms with Gasteiger partial charge in [0.05, 0.1) is 0 Å². The summed E-state index contributed by atoms with van der Waals surface area (Å²) in [6.07, 6.45) is 8.39. The molecular formula is C14H27NO. The lowest BCUT2D eigenvalue weighted by Gasteiger charge is -2.35. The Morgan fingerprint density at radius 3 is 2.56 bits per heavy atom. The summed E-state index contributed by atoms with van der Waals surface area (Å²) in [4.78, 5) is 0. The Bertz CT molecular complexity index is 203. The molecule has 2 aliphatic rings. The highest BCUT2D eigenvalue weighted by atomic mass is 16.5. The summed E-state index contributed by atoms with van der Waals surface area (Å²) in [5, 5.41) is 3.69. The lowest BCUT2D eigenvalue weighted by molar-refractivity contribution is 0.0723. The van der Waals surface area contributed by atoms with Gasteiger partial charge in [-0.25, -0.2) is 0 Å². The monoisotopic (exact) mass is 225 g/mol. The van der Waals surface area contributed by atoms with Gasteiger partial charge < -0.3 is 10.1 Å². The maximum atomic E-state index is 5.40. The third kappa shape index (κ3) is 3.46. The molecule has 0 aromatic carbocycles. The van der Waals surface area contributed by atoms with E-state index >= 15 is 0 Å². The van der Waals surface area contributed by atoms with Crippen molar-refractivity contribution in [3.63, 3.8) is 0 Å². The van der Waals surface area contributed by atoms with E-state index in [4.69, 9.17) is 4.74 Å². The van der Waals surface area contributed by atoms with Crippen molar-refractivity contribution in [3.8, 4) is 0 Å². The van der Waals surface area contributed by atoms with Gasteiger partial charge in [-0.2, -0.15) is 0 Å². The predicted octanol–water partition coefficient (Wildman–Crippen LogP) is 2.83. The van der Waals surface area contributed by atoms with Crippen LogP contribution in [0.15, 0.2) is 0 Å². The van der Waals surface area contributed by atoms with E-state index in [-0.39, 0.29) is 0 Å². The van der Waals surface area contributed by atoms with Crippen molar-refractivity contribution in [3.05, 3.63) is 0 Å². The molecule has 2 heteroatoms. The summed E-state index contributed by atoms with van der Waals surface area (Å²) in [6, 6.07) is 0.854. The Labute approximate surface area is 100 Å². The van der Waals surface area contributed by atoms with Crippen LogP contribution < -0.4 is 5.32 Å². The van der Waals surface area contributed by atoms with Crippen LogP contribution in [0.2, 0.25) is 0 Å². The van der Waals surface area contributed by atoms with E-state index in [0.717, 1.165) is 30.4 Å². The van der Waals surface area contributed by atoms with Crippen molar-refractivity contribution in [1.29, 1.82) is 0 Å². The molecule has 3 unspecified atom stereocenters. The van der Waals surface area contributed by atoms with E-state index < -0.39 is 0 Å². The fourth-order valence-corrected chi connectivity index (χ4v) is 3.09. The zero-order valence-corrected chi connectivity index (χ0v) is 10.9. The molecule has 16 heavy (non-hydrogen) atoms. The topological polar surface area (TPSA) is 21.3 Å². The van der Waals surface area contributed by atoms with Crippen molar-refractivity contribution in [2.75, 3.05) is 20.3 Å². The van der Waals surface area contributed by atoms with Gasteiger partial charge in [0.25, 0.3) is 0 Å². The fourth-order valence-electron chi connectivity index (χ4n) is 3.09. The number of methoxy groups -OCH3 is 1. The maximum Gasteiger partial charge on any atom is 0.0493 e. The van der Waals surface area contributed by atoms with Crippen molar-refractivity contribution in [2.45, 2.75) is 51.5 Å². The van der Waals surface area contributed by atoms with E-state index in [2.05, 4.69) is 12.2 Å². The molecule has 2 aliphatic carbocycles. The van der Waals surface area contributed by atoms with E-state index in [1.165, 1.54) is 45.1 Å². The number of hydrogen-bond acceptors (Lipinski definition) is 2. The van der Waals surface area contributed by atoms with Crippen LogP contribution >= 0.6 is 0 Å². The molecule has 2 saturated carbocycles. The van der Waals surface area contributed by atoms with Crippen LogP contribution in [0.4, 0.5) is 0 Å². The van der Waals surface area contributed by atoms with Gasteiger partial charge in [0, 0.05) is 19.8 Å². The Kier molecular flexibility index (Phi) is 4.66. The van der Waals surface area contributed by atoms with E-state index in [1.54, 1.807) is 0 Å². The second-order valence-corrected chi connectivity index (χ2v) is 5.75. The predicted molar refractivity (Wildman–Crippen MR) is 67.5 cm³/mol. The van der Waals surface area contributed by atoms with Gasteiger partial charge in [0.2, 0.25) is 0 Å². The fraction of sp³-hybridized carbons (Fsp3) is 1.00. The number of rotatable bonds is 6. The van der Waals surface area contributed by atoms with Gasteiger partial charge in [-0.15, -0.1) is 0 Å². The molecule has 0 aliphatic heterocycles. The third-order valence-corrected chi connectivity index (χ3v) is 4.45. The molecule has 3 atom stereocenters. The summed E-state index contributed by atoms with van der Waals surface area (Å²) in [5.41, 5.74) is 0. The summed E-state index contributed by atoms with van der Waals surface area (Å²) < 4.78 is 5.40. The molecule has 0 aromatic rings. The Hall–Kier alpha value is -0.0800. The van der Waals surface area contributed by atoms with Crippen LogP contribution in [0.3, 0.4) is 0 Å². The highest BCUT2D eigenvalue weighted by Gasteiger charge is 2.31. The Morgan fingerprint density at radius 2 is 1.94 bits per heavy atom. The van der Waals surface area contributed by atoms with Crippen molar-refractivity contribution in [2.24, 2.45) is 17.8 Å². The first-order chi connectivity index (χ1) is 7.83. The smallest absolute Gasteiger partial charge is 0.0493 e. The molecule has 0 aromatic heterocycles. The first kappa shape index (κ1) is 12.4. The standard InChI is InChI=1S/C14H27NO/c1-3-11-4-5-12(9-15-14-6-7-14)13(8-11)10-16-2/h11-15H,3-10H2,1-2H3. The van der Waals surface area contributed by atoms with Gasteiger partial charge in [-0.3, -0.25) is 0 Å². The third-order valence-electron chi connectivity index (χ3n) is 4.45. The molecular weight excluding hydrogens is 198 g/mol. The zero-order valence-electron chi connectivity index (χ0n) is 10.9. The van der Waals surface area contributed by atoms with Crippen molar-refractivity contribution >= 4 is 0 Å².